The molecule has 2 aliphatic rings. The number of nitrogens with zero attached hydrogens (tertiary/aromatic N) is 1. The topological polar surface area (TPSA) is 27.3 Å². The number of thiocarbonyl (C=S) groups is 1. The van der Waals surface area contributed by atoms with Gasteiger partial charge in [0.1, 0.15) is 0 Å². The fourth-order valence-corrected chi connectivity index (χ4v) is 3.16. The third-order valence-electron chi connectivity index (χ3n) is 3.98. The van der Waals surface area contributed by atoms with E-state index in [9.17, 15) is 0 Å². The summed E-state index contributed by atoms with van der Waals surface area (Å²) in [6, 6.07) is 0.620. The molecule has 0 bridgehead atoms. The Morgan fingerprint density at radius 3 is 2.65 bits per heavy atom. The zero-order valence-corrected chi connectivity index (χ0v) is 11.7. The normalized spacial score (nSPS) is 27.0. The van der Waals surface area contributed by atoms with Crippen molar-refractivity contribution < 1.29 is 0 Å². The predicted molar refractivity (Wildman–Crippen MR) is 76.2 cm³/mol. The summed E-state index contributed by atoms with van der Waals surface area (Å²) in [6.07, 6.45) is 7.98. The van der Waals surface area contributed by atoms with Gasteiger partial charge in [0.2, 0.25) is 0 Å². The molecule has 4 heteroatoms. The van der Waals surface area contributed by atoms with E-state index in [0.29, 0.717) is 6.04 Å². The standard InChI is InChI=1S/C13H25N3S/c1-16-8-7-11(10-16)9-14-13(17)15-12-5-3-2-4-6-12/h11-12H,2-10H2,1H3,(H2,14,15,17). The van der Waals surface area contributed by atoms with E-state index in [0.717, 1.165) is 17.6 Å². The molecular weight excluding hydrogens is 230 g/mol. The monoisotopic (exact) mass is 255 g/mol. The minimum absolute atomic E-state index is 0.620. The summed E-state index contributed by atoms with van der Waals surface area (Å²) in [5.74, 6) is 0.770. The maximum absolute atomic E-state index is 5.36. The van der Waals surface area contributed by atoms with Gasteiger partial charge in [0.15, 0.2) is 5.11 Å². The van der Waals surface area contributed by atoms with Crippen LogP contribution in [-0.2, 0) is 0 Å². The third-order valence-corrected chi connectivity index (χ3v) is 4.24. The van der Waals surface area contributed by atoms with Crippen molar-refractivity contribution >= 4 is 17.3 Å². The molecule has 1 unspecified atom stereocenters. The molecular formula is C13H25N3S. The van der Waals surface area contributed by atoms with Crippen molar-refractivity contribution in [3.63, 3.8) is 0 Å². The van der Waals surface area contributed by atoms with E-state index in [4.69, 9.17) is 12.2 Å². The number of rotatable bonds is 3. The molecule has 2 fully saturated rings. The summed E-state index contributed by atoms with van der Waals surface area (Å²) in [5, 5.41) is 7.71. The highest BCUT2D eigenvalue weighted by Crippen LogP contribution is 2.17. The lowest BCUT2D eigenvalue weighted by atomic mass is 9.96. The lowest BCUT2D eigenvalue weighted by molar-refractivity contribution is 0.391. The molecule has 0 spiro atoms. The van der Waals surface area contributed by atoms with Gasteiger partial charge in [0.05, 0.1) is 0 Å². The van der Waals surface area contributed by atoms with Gasteiger partial charge in [-0.3, -0.25) is 0 Å². The zero-order valence-electron chi connectivity index (χ0n) is 10.9. The van der Waals surface area contributed by atoms with Gasteiger partial charge in [-0.25, -0.2) is 0 Å². The molecule has 1 atom stereocenters. The van der Waals surface area contributed by atoms with Crippen LogP contribution in [0.5, 0.6) is 0 Å². The van der Waals surface area contributed by atoms with Crippen LogP contribution in [0.2, 0.25) is 0 Å². The van der Waals surface area contributed by atoms with Crippen LogP contribution in [0.25, 0.3) is 0 Å². The van der Waals surface area contributed by atoms with Gasteiger partial charge in [-0.05, 0) is 51.0 Å². The second-order valence-corrected chi connectivity index (χ2v) is 6.01. The molecule has 0 aromatic rings. The molecule has 17 heavy (non-hydrogen) atoms. The van der Waals surface area contributed by atoms with Crippen molar-refractivity contribution in [3.05, 3.63) is 0 Å². The summed E-state index contributed by atoms with van der Waals surface area (Å²) in [5.41, 5.74) is 0. The summed E-state index contributed by atoms with van der Waals surface area (Å²) in [7, 11) is 2.19. The van der Waals surface area contributed by atoms with Crippen LogP contribution in [0.3, 0.4) is 0 Å². The van der Waals surface area contributed by atoms with Gasteiger partial charge in [0.25, 0.3) is 0 Å². The van der Waals surface area contributed by atoms with E-state index in [1.54, 1.807) is 0 Å². The molecule has 1 saturated heterocycles. The number of nitrogens with one attached hydrogen (secondary N) is 2. The van der Waals surface area contributed by atoms with Gasteiger partial charge >= 0.3 is 0 Å². The molecule has 3 nitrogen and oxygen atoms in total. The summed E-state index contributed by atoms with van der Waals surface area (Å²) < 4.78 is 0. The molecule has 98 valence electrons. The Morgan fingerprint density at radius 1 is 1.24 bits per heavy atom. The molecule has 1 heterocycles. The third kappa shape index (κ3) is 4.43. The van der Waals surface area contributed by atoms with Crippen molar-refractivity contribution in [1.29, 1.82) is 0 Å². The van der Waals surface area contributed by atoms with Gasteiger partial charge < -0.3 is 15.5 Å². The Labute approximate surface area is 110 Å². The molecule has 0 aromatic heterocycles. The van der Waals surface area contributed by atoms with Crippen LogP contribution in [-0.4, -0.2) is 42.7 Å². The second kappa shape index (κ2) is 6.55. The smallest absolute Gasteiger partial charge is 0.166 e. The van der Waals surface area contributed by atoms with Gasteiger partial charge in [0, 0.05) is 19.1 Å². The van der Waals surface area contributed by atoms with E-state index < -0.39 is 0 Å². The fourth-order valence-electron chi connectivity index (χ4n) is 2.91. The van der Waals surface area contributed by atoms with Crippen LogP contribution in [0, 0.1) is 5.92 Å². The van der Waals surface area contributed by atoms with E-state index >= 15 is 0 Å². The van der Waals surface area contributed by atoms with Crippen molar-refractivity contribution in [2.75, 3.05) is 26.7 Å². The van der Waals surface area contributed by atoms with Gasteiger partial charge in [-0.2, -0.15) is 0 Å². The lowest BCUT2D eigenvalue weighted by Gasteiger charge is -2.25. The van der Waals surface area contributed by atoms with Crippen LogP contribution in [0.4, 0.5) is 0 Å². The van der Waals surface area contributed by atoms with Crippen LogP contribution < -0.4 is 10.6 Å². The van der Waals surface area contributed by atoms with Crippen molar-refractivity contribution in [1.82, 2.24) is 15.5 Å². The predicted octanol–water partition coefficient (Wildman–Crippen LogP) is 1.73. The molecule has 2 rings (SSSR count). The number of hydrogen-bond donors (Lipinski definition) is 2. The molecule has 1 saturated carbocycles. The van der Waals surface area contributed by atoms with E-state index in [-0.39, 0.29) is 0 Å². The SMILES string of the molecule is CN1CCC(CNC(=S)NC2CCCCC2)C1. The molecule has 2 N–H and O–H groups in total. The van der Waals surface area contributed by atoms with E-state index in [1.165, 1.54) is 51.6 Å². The summed E-state index contributed by atoms with van der Waals surface area (Å²) in [6.45, 7) is 3.47. The highest BCUT2D eigenvalue weighted by atomic mass is 32.1. The number of hydrogen-bond acceptors (Lipinski definition) is 2. The Balaban J connectivity index is 1.60. The first-order valence-corrected chi connectivity index (χ1v) is 7.38. The first-order chi connectivity index (χ1) is 8.24. The Hall–Kier alpha value is -0.350. The fraction of sp³-hybridized carbons (Fsp3) is 0.923. The first-order valence-electron chi connectivity index (χ1n) is 6.97. The Kier molecular flexibility index (Phi) is 5.04. The van der Waals surface area contributed by atoms with E-state index in [1.807, 2.05) is 0 Å². The van der Waals surface area contributed by atoms with Crippen molar-refractivity contribution in [2.24, 2.45) is 5.92 Å². The molecule has 0 amide bonds. The lowest BCUT2D eigenvalue weighted by Crippen LogP contribution is -2.44. The average molecular weight is 255 g/mol. The maximum Gasteiger partial charge on any atom is 0.166 e. The maximum atomic E-state index is 5.36. The largest absolute Gasteiger partial charge is 0.362 e. The Morgan fingerprint density at radius 2 is 2.00 bits per heavy atom. The molecule has 1 aliphatic heterocycles. The van der Waals surface area contributed by atoms with Gasteiger partial charge in [-0.15, -0.1) is 0 Å². The average Bonchev–Trinajstić information content (AvgIpc) is 2.74. The number of likely N-dealkylation sites (tertiary alicyclic amines) is 1. The molecule has 1 aliphatic carbocycles. The molecule has 0 aromatic carbocycles. The molecule has 0 radical (unpaired) electrons. The van der Waals surface area contributed by atoms with Crippen LogP contribution >= 0.6 is 12.2 Å². The van der Waals surface area contributed by atoms with Crippen LogP contribution in [0.1, 0.15) is 38.5 Å². The minimum Gasteiger partial charge on any atom is -0.362 e. The zero-order chi connectivity index (χ0) is 12.1. The van der Waals surface area contributed by atoms with E-state index in [2.05, 4.69) is 22.6 Å². The summed E-state index contributed by atoms with van der Waals surface area (Å²) >= 11 is 5.36. The first kappa shape index (κ1) is 13.1. The quantitative estimate of drug-likeness (QED) is 0.751. The van der Waals surface area contributed by atoms with Crippen molar-refractivity contribution in [2.45, 2.75) is 44.6 Å². The highest BCUT2D eigenvalue weighted by molar-refractivity contribution is 7.80. The highest BCUT2D eigenvalue weighted by Gasteiger charge is 2.20. The minimum atomic E-state index is 0.620. The van der Waals surface area contributed by atoms with Gasteiger partial charge in [-0.1, -0.05) is 19.3 Å². The summed E-state index contributed by atoms with van der Waals surface area (Å²) in [4.78, 5) is 2.39. The second-order valence-electron chi connectivity index (χ2n) is 5.61. The Bertz CT molecular complexity index is 251. The van der Waals surface area contributed by atoms with Crippen LogP contribution in [0.15, 0.2) is 0 Å². The van der Waals surface area contributed by atoms with Crippen molar-refractivity contribution in [3.8, 4) is 0 Å².